The predicted molar refractivity (Wildman–Crippen MR) is 111 cm³/mol. The van der Waals surface area contributed by atoms with E-state index in [-0.39, 0.29) is 6.10 Å². The Labute approximate surface area is 170 Å². The van der Waals surface area contributed by atoms with Crippen LogP contribution in [0.3, 0.4) is 0 Å². The SMILES string of the molecule is Cc1cc(C)c(C)c(OCC(O)CN2CCOC(c3ccc(Br)cc3)C2)c1. The highest BCUT2D eigenvalue weighted by Crippen LogP contribution is 2.25. The fraction of sp³-hybridized carbons (Fsp3) is 0.455. The number of nitrogens with zero attached hydrogens (tertiary/aromatic N) is 1. The first-order valence-corrected chi connectivity index (χ1v) is 10.2. The minimum atomic E-state index is -0.533. The van der Waals surface area contributed by atoms with E-state index in [0.29, 0.717) is 19.8 Å². The van der Waals surface area contributed by atoms with Crippen molar-refractivity contribution in [2.45, 2.75) is 33.0 Å². The largest absolute Gasteiger partial charge is 0.491 e. The fourth-order valence-electron chi connectivity index (χ4n) is 3.43. The number of β-amino-alcohol motifs (C(OH)–C–C–N with tert-alkyl or cyclic N) is 1. The molecule has 2 atom stereocenters. The molecule has 0 amide bonds. The van der Waals surface area contributed by atoms with Gasteiger partial charge in [0.05, 0.1) is 12.7 Å². The van der Waals surface area contributed by atoms with E-state index in [0.717, 1.165) is 28.9 Å². The summed E-state index contributed by atoms with van der Waals surface area (Å²) in [4.78, 5) is 2.25. The summed E-state index contributed by atoms with van der Waals surface area (Å²) in [6.45, 7) is 9.36. The Kier molecular flexibility index (Phi) is 6.93. The topological polar surface area (TPSA) is 41.9 Å². The van der Waals surface area contributed by atoms with Crippen molar-refractivity contribution in [3.63, 3.8) is 0 Å². The van der Waals surface area contributed by atoms with Crippen molar-refractivity contribution in [3.05, 3.63) is 63.1 Å². The average Bonchev–Trinajstić information content (AvgIpc) is 2.64. The summed E-state index contributed by atoms with van der Waals surface area (Å²) in [5.74, 6) is 0.862. The molecule has 1 N–H and O–H groups in total. The van der Waals surface area contributed by atoms with Gasteiger partial charge in [0, 0.05) is 24.1 Å². The van der Waals surface area contributed by atoms with Crippen LogP contribution in [0.25, 0.3) is 0 Å². The summed E-state index contributed by atoms with van der Waals surface area (Å²) >= 11 is 3.47. The fourth-order valence-corrected chi connectivity index (χ4v) is 3.70. The summed E-state index contributed by atoms with van der Waals surface area (Å²) in [6.07, 6.45) is -0.490. The monoisotopic (exact) mass is 433 g/mol. The second kappa shape index (κ2) is 9.20. The Hall–Kier alpha value is -1.40. The summed E-state index contributed by atoms with van der Waals surface area (Å²) in [5, 5.41) is 10.5. The first kappa shape index (κ1) is 20.3. The molecule has 1 fully saturated rings. The standard InChI is InChI=1S/C22H28BrNO3/c1-15-10-16(2)17(3)21(11-15)27-14-20(25)12-24-8-9-26-22(13-24)18-4-6-19(23)7-5-18/h4-7,10-11,20,22,25H,8-9,12-14H2,1-3H3. The number of hydrogen-bond donors (Lipinski definition) is 1. The molecule has 3 rings (SSSR count). The molecule has 0 aromatic heterocycles. The van der Waals surface area contributed by atoms with E-state index in [1.807, 2.05) is 18.2 Å². The van der Waals surface area contributed by atoms with E-state index in [9.17, 15) is 5.11 Å². The number of halogens is 1. The molecule has 4 nitrogen and oxygen atoms in total. The molecule has 0 spiro atoms. The quantitative estimate of drug-likeness (QED) is 0.741. The molecule has 1 aliphatic heterocycles. The molecule has 146 valence electrons. The van der Waals surface area contributed by atoms with Crippen LogP contribution in [0.15, 0.2) is 40.9 Å². The third-order valence-electron chi connectivity index (χ3n) is 5.06. The molecule has 0 saturated carbocycles. The predicted octanol–water partition coefficient (Wildman–Crippen LogP) is 4.19. The molecule has 2 aromatic carbocycles. The summed E-state index contributed by atoms with van der Waals surface area (Å²) < 4.78 is 12.9. The van der Waals surface area contributed by atoms with E-state index in [4.69, 9.17) is 9.47 Å². The van der Waals surface area contributed by atoms with Crippen LogP contribution in [-0.2, 0) is 4.74 Å². The van der Waals surface area contributed by atoms with Crippen LogP contribution in [0, 0.1) is 20.8 Å². The molecule has 2 aromatic rings. The summed E-state index contributed by atoms with van der Waals surface area (Å²) in [5.41, 5.74) is 4.69. The van der Waals surface area contributed by atoms with Gasteiger partial charge >= 0.3 is 0 Å². The van der Waals surface area contributed by atoms with Crippen LogP contribution in [0.5, 0.6) is 5.75 Å². The minimum absolute atomic E-state index is 0.0432. The smallest absolute Gasteiger partial charge is 0.122 e. The molecule has 0 bridgehead atoms. The molecule has 5 heteroatoms. The number of benzene rings is 2. The zero-order valence-electron chi connectivity index (χ0n) is 16.2. The maximum Gasteiger partial charge on any atom is 0.122 e. The normalized spacial score (nSPS) is 19.1. The maximum absolute atomic E-state index is 10.5. The van der Waals surface area contributed by atoms with E-state index in [2.05, 4.69) is 59.8 Å². The molecule has 27 heavy (non-hydrogen) atoms. The lowest BCUT2D eigenvalue weighted by atomic mass is 10.1. The Bertz CT molecular complexity index is 763. The minimum Gasteiger partial charge on any atom is -0.491 e. The van der Waals surface area contributed by atoms with Gasteiger partial charge in [0.1, 0.15) is 18.5 Å². The van der Waals surface area contributed by atoms with Gasteiger partial charge in [-0.15, -0.1) is 0 Å². The molecule has 0 radical (unpaired) electrons. The van der Waals surface area contributed by atoms with E-state index >= 15 is 0 Å². The summed E-state index contributed by atoms with van der Waals surface area (Å²) in [7, 11) is 0. The second-order valence-corrected chi connectivity index (χ2v) is 8.26. The van der Waals surface area contributed by atoms with Crippen LogP contribution in [0.4, 0.5) is 0 Å². The van der Waals surface area contributed by atoms with Crippen molar-refractivity contribution in [2.24, 2.45) is 0 Å². The van der Waals surface area contributed by atoms with Gasteiger partial charge in [-0.05, 0) is 61.2 Å². The molecule has 1 heterocycles. The van der Waals surface area contributed by atoms with Gasteiger partial charge < -0.3 is 14.6 Å². The first-order valence-electron chi connectivity index (χ1n) is 9.40. The number of hydrogen-bond acceptors (Lipinski definition) is 4. The van der Waals surface area contributed by atoms with E-state index in [1.165, 1.54) is 16.7 Å². The average molecular weight is 434 g/mol. The van der Waals surface area contributed by atoms with E-state index < -0.39 is 6.10 Å². The second-order valence-electron chi connectivity index (χ2n) is 7.34. The van der Waals surface area contributed by atoms with Gasteiger partial charge in [0.15, 0.2) is 0 Å². The number of morpholine rings is 1. The Morgan fingerprint density at radius 1 is 1.22 bits per heavy atom. The van der Waals surface area contributed by atoms with Gasteiger partial charge in [-0.1, -0.05) is 34.1 Å². The lowest BCUT2D eigenvalue weighted by Crippen LogP contribution is -2.43. The first-order chi connectivity index (χ1) is 12.9. The van der Waals surface area contributed by atoms with Crippen LogP contribution >= 0.6 is 15.9 Å². The highest BCUT2D eigenvalue weighted by Gasteiger charge is 2.24. The molecule has 1 saturated heterocycles. The summed E-state index contributed by atoms with van der Waals surface area (Å²) in [6, 6.07) is 12.4. The molecule has 1 aliphatic rings. The van der Waals surface area contributed by atoms with Crippen LogP contribution in [0.2, 0.25) is 0 Å². The van der Waals surface area contributed by atoms with Crippen molar-refractivity contribution in [2.75, 3.05) is 32.8 Å². The van der Waals surface area contributed by atoms with Gasteiger partial charge in [-0.3, -0.25) is 4.90 Å². The van der Waals surface area contributed by atoms with Crippen molar-refractivity contribution in [1.29, 1.82) is 0 Å². The van der Waals surface area contributed by atoms with Gasteiger partial charge in [0.25, 0.3) is 0 Å². The van der Waals surface area contributed by atoms with Crippen molar-refractivity contribution < 1.29 is 14.6 Å². The van der Waals surface area contributed by atoms with Gasteiger partial charge in [-0.25, -0.2) is 0 Å². The molecule has 0 aliphatic carbocycles. The van der Waals surface area contributed by atoms with Crippen molar-refractivity contribution in [3.8, 4) is 5.75 Å². The zero-order chi connectivity index (χ0) is 19.4. The Balaban J connectivity index is 1.53. The number of aliphatic hydroxyl groups excluding tert-OH is 1. The number of ether oxygens (including phenoxy) is 2. The lowest BCUT2D eigenvalue weighted by Gasteiger charge is -2.34. The van der Waals surface area contributed by atoms with Crippen LogP contribution in [0.1, 0.15) is 28.4 Å². The van der Waals surface area contributed by atoms with Crippen LogP contribution in [-0.4, -0.2) is 49.0 Å². The number of aryl methyl sites for hydroxylation is 2. The van der Waals surface area contributed by atoms with Crippen LogP contribution < -0.4 is 4.74 Å². The molecule has 2 unspecified atom stereocenters. The molecular formula is C22H28BrNO3. The third-order valence-corrected chi connectivity index (χ3v) is 5.59. The zero-order valence-corrected chi connectivity index (χ0v) is 17.8. The highest BCUT2D eigenvalue weighted by atomic mass is 79.9. The lowest BCUT2D eigenvalue weighted by molar-refractivity contribution is -0.0459. The maximum atomic E-state index is 10.5. The number of rotatable bonds is 6. The van der Waals surface area contributed by atoms with E-state index in [1.54, 1.807) is 0 Å². The Morgan fingerprint density at radius 3 is 2.70 bits per heavy atom. The van der Waals surface area contributed by atoms with Crippen molar-refractivity contribution in [1.82, 2.24) is 4.90 Å². The highest BCUT2D eigenvalue weighted by molar-refractivity contribution is 9.10. The Morgan fingerprint density at radius 2 is 1.96 bits per heavy atom. The van der Waals surface area contributed by atoms with Gasteiger partial charge in [0.2, 0.25) is 0 Å². The number of aliphatic hydroxyl groups is 1. The third kappa shape index (κ3) is 5.55. The van der Waals surface area contributed by atoms with Crippen molar-refractivity contribution >= 4 is 15.9 Å². The molecular weight excluding hydrogens is 406 g/mol. The van der Waals surface area contributed by atoms with Gasteiger partial charge in [-0.2, -0.15) is 0 Å².